The van der Waals surface area contributed by atoms with Gasteiger partial charge in [0.1, 0.15) is 5.25 Å². The van der Waals surface area contributed by atoms with E-state index < -0.39 is 5.25 Å². The lowest BCUT2D eigenvalue weighted by Gasteiger charge is -2.08. The van der Waals surface area contributed by atoms with Crippen LogP contribution in [0, 0.1) is 0 Å². The fraction of sp³-hybridized carbons (Fsp3) is 0.118. The second-order valence-electron chi connectivity index (χ2n) is 5.08. The van der Waals surface area contributed by atoms with E-state index in [1.807, 2.05) is 30.3 Å². The highest BCUT2D eigenvalue weighted by atomic mass is 35.5. The van der Waals surface area contributed by atoms with E-state index in [-0.39, 0.29) is 18.2 Å². The van der Waals surface area contributed by atoms with E-state index in [2.05, 4.69) is 15.6 Å². The maximum Gasteiger partial charge on any atom is 0.240 e. The zero-order valence-corrected chi connectivity index (χ0v) is 14.1. The van der Waals surface area contributed by atoms with Gasteiger partial charge in [0.15, 0.2) is 5.17 Å². The molecule has 1 aliphatic rings. The minimum absolute atomic E-state index is 0.0511. The SMILES string of the molecule is O=C(C[C@@H]1SC(=Nc2ccccc2)NC1=O)Nc1ccccc1Cl. The lowest BCUT2D eigenvalue weighted by molar-refractivity contribution is -0.122. The molecule has 0 aromatic heterocycles. The first kappa shape index (κ1) is 16.5. The molecular weight excluding hydrogens is 346 g/mol. The molecule has 24 heavy (non-hydrogen) atoms. The van der Waals surface area contributed by atoms with Gasteiger partial charge in [-0.25, -0.2) is 4.99 Å². The van der Waals surface area contributed by atoms with Crippen molar-refractivity contribution in [3.8, 4) is 0 Å². The summed E-state index contributed by atoms with van der Waals surface area (Å²) in [5.41, 5.74) is 1.28. The Morgan fingerprint density at radius 2 is 1.88 bits per heavy atom. The van der Waals surface area contributed by atoms with Crippen LogP contribution in [0.15, 0.2) is 59.6 Å². The number of hydrogen-bond donors (Lipinski definition) is 2. The Morgan fingerprint density at radius 1 is 1.17 bits per heavy atom. The largest absolute Gasteiger partial charge is 0.325 e. The highest BCUT2D eigenvalue weighted by Crippen LogP contribution is 2.26. The Kier molecular flexibility index (Phi) is 5.17. The summed E-state index contributed by atoms with van der Waals surface area (Å²) in [5, 5.41) is 5.88. The third-order valence-corrected chi connectivity index (χ3v) is 4.69. The standard InChI is InChI=1S/C17H14ClN3O2S/c18-12-8-4-5-9-13(12)20-15(22)10-14-16(23)21-17(24-14)19-11-6-2-1-3-7-11/h1-9,14H,10H2,(H,20,22)(H,19,21,23)/t14-/m0/s1. The summed E-state index contributed by atoms with van der Waals surface area (Å²) in [5.74, 6) is -0.485. The predicted molar refractivity (Wildman–Crippen MR) is 97.8 cm³/mol. The smallest absolute Gasteiger partial charge is 0.240 e. The average Bonchev–Trinajstić information content (AvgIpc) is 2.90. The quantitative estimate of drug-likeness (QED) is 0.876. The Morgan fingerprint density at radius 3 is 2.62 bits per heavy atom. The summed E-state index contributed by atoms with van der Waals surface area (Å²) >= 11 is 7.26. The van der Waals surface area contributed by atoms with E-state index in [0.717, 1.165) is 5.69 Å². The van der Waals surface area contributed by atoms with Crippen molar-refractivity contribution in [2.75, 3.05) is 5.32 Å². The molecule has 5 nitrogen and oxygen atoms in total. The molecule has 1 atom stereocenters. The van der Waals surface area contributed by atoms with Crippen molar-refractivity contribution in [2.24, 2.45) is 4.99 Å². The van der Waals surface area contributed by atoms with Gasteiger partial charge >= 0.3 is 0 Å². The monoisotopic (exact) mass is 359 g/mol. The predicted octanol–water partition coefficient (Wildman–Crippen LogP) is 3.59. The molecule has 0 unspecified atom stereocenters. The zero-order chi connectivity index (χ0) is 16.9. The highest BCUT2D eigenvalue weighted by molar-refractivity contribution is 8.15. The summed E-state index contributed by atoms with van der Waals surface area (Å²) in [6.07, 6.45) is 0.0511. The van der Waals surface area contributed by atoms with Crippen LogP contribution in [0.3, 0.4) is 0 Å². The number of benzene rings is 2. The third-order valence-electron chi connectivity index (χ3n) is 3.28. The van der Waals surface area contributed by atoms with E-state index in [4.69, 9.17) is 11.6 Å². The minimum Gasteiger partial charge on any atom is -0.325 e. The molecule has 0 radical (unpaired) electrons. The van der Waals surface area contributed by atoms with Gasteiger partial charge in [-0.15, -0.1) is 0 Å². The summed E-state index contributed by atoms with van der Waals surface area (Å²) in [6, 6.07) is 16.3. The summed E-state index contributed by atoms with van der Waals surface area (Å²) in [6.45, 7) is 0. The number of rotatable bonds is 4. The van der Waals surface area contributed by atoms with Crippen LogP contribution >= 0.6 is 23.4 Å². The fourth-order valence-corrected chi connectivity index (χ4v) is 3.32. The number of nitrogens with one attached hydrogen (secondary N) is 2. The Hall–Kier alpha value is -2.31. The van der Waals surface area contributed by atoms with Crippen LogP contribution in [-0.2, 0) is 9.59 Å². The number of para-hydroxylation sites is 2. The molecule has 2 aromatic rings. The minimum atomic E-state index is -0.505. The number of carbonyl (C=O) groups excluding carboxylic acids is 2. The molecular formula is C17H14ClN3O2S. The summed E-state index contributed by atoms with van der Waals surface area (Å²) < 4.78 is 0. The average molecular weight is 360 g/mol. The fourth-order valence-electron chi connectivity index (χ4n) is 2.14. The Labute approximate surface area is 148 Å². The number of hydrogen-bond acceptors (Lipinski definition) is 4. The van der Waals surface area contributed by atoms with Gasteiger partial charge < -0.3 is 10.6 Å². The first-order valence-electron chi connectivity index (χ1n) is 7.27. The van der Waals surface area contributed by atoms with Gasteiger partial charge in [-0.1, -0.05) is 53.7 Å². The number of thioether (sulfide) groups is 1. The number of amides is 2. The van der Waals surface area contributed by atoms with Gasteiger partial charge in [0.05, 0.1) is 16.4 Å². The van der Waals surface area contributed by atoms with Crippen LogP contribution in [0.25, 0.3) is 0 Å². The maximum atomic E-state index is 12.1. The summed E-state index contributed by atoms with van der Waals surface area (Å²) in [4.78, 5) is 28.5. The van der Waals surface area contributed by atoms with Gasteiger partial charge in [-0.2, -0.15) is 0 Å². The molecule has 2 N–H and O–H groups in total. The lowest BCUT2D eigenvalue weighted by atomic mass is 10.2. The number of amidine groups is 1. The molecule has 2 aromatic carbocycles. The topological polar surface area (TPSA) is 70.6 Å². The maximum absolute atomic E-state index is 12.1. The molecule has 3 rings (SSSR count). The first-order valence-corrected chi connectivity index (χ1v) is 8.53. The van der Waals surface area contributed by atoms with Gasteiger partial charge in [-0.05, 0) is 24.3 Å². The van der Waals surface area contributed by atoms with E-state index in [0.29, 0.717) is 15.9 Å². The molecule has 1 aliphatic heterocycles. The molecule has 0 aliphatic carbocycles. The zero-order valence-electron chi connectivity index (χ0n) is 12.5. The van der Waals surface area contributed by atoms with Crippen molar-refractivity contribution in [1.82, 2.24) is 5.32 Å². The van der Waals surface area contributed by atoms with Crippen molar-refractivity contribution in [3.63, 3.8) is 0 Å². The molecule has 1 heterocycles. The molecule has 0 bridgehead atoms. The van der Waals surface area contributed by atoms with Crippen LogP contribution in [-0.4, -0.2) is 22.2 Å². The second kappa shape index (κ2) is 7.51. The van der Waals surface area contributed by atoms with Crippen molar-refractivity contribution in [1.29, 1.82) is 0 Å². The second-order valence-corrected chi connectivity index (χ2v) is 6.68. The van der Waals surface area contributed by atoms with Crippen molar-refractivity contribution in [3.05, 3.63) is 59.6 Å². The van der Waals surface area contributed by atoms with Gasteiger partial charge in [0.25, 0.3) is 0 Å². The molecule has 122 valence electrons. The molecule has 0 saturated carbocycles. The van der Waals surface area contributed by atoms with E-state index >= 15 is 0 Å². The van der Waals surface area contributed by atoms with Gasteiger partial charge in [-0.3, -0.25) is 9.59 Å². The number of anilines is 1. The number of nitrogens with zero attached hydrogens (tertiary/aromatic N) is 1. The summed E-state index contributed by atoms with van der Waals surface area (Å²) in [7, 11) is 0. The number of halogens is 1. The van der Waals surface area contributed by atoms with E-state index in [9.17, 15) is 9.59 Å². The Balaban J connectivity index is 1.62. The molecule has 1 saturated heterocycles. The molecule has 0 spiro atoms. The van der Waals surface area contributed by atoms with Crippen molar-refractivity contribution in [2.45, 2.75) is 11.7 Å². The third kappa shape index (κ3) is 4.15. The van der Waals surface area contributed by atoms with Crippen molar-refractivity contribution < 1.29 is 9.59 Å². The van der Waals surface area contributed by atoms with Crippen LogP contribution in [0.5, 0.6) is 0 Å². The van der Waals surface area contributed by atoms with Gasteiger partial charge in [0, 0.05) is 6.42 Å². The van der Waals surface area contributed by atoms with E-state index in [1.165, 1.54) is 11.8 Å². The van der Waals surface area contributed by atoms with E-state index in [1.54, 1.807) is 24.3 Å². The molecule has 1 fully saturated rings. The van der Waals surface area contributed by atoms with Gasteiger partial charge in [0.2, 0.25) is 11.8 Å². The number of aliphatic imine (C=N–C) groups is 1. The first-order chi connectivity index (χ1) is 11.6. The highest BCUT2D eigenvalue weighted by Gasteiger charge is 2.32. The normalized spacial score (nSPS) is 18.5. The van der Waals surface area contributed by atoms with Crippen molar-refractivity contribution >= 4 is 51.7 Å². The van der Waals surface area contributed by atoms with Crippen LogP contribution in [0.1, 0.15) is 6.42 Å². The number of carbonyl (C=O) groups is 2. The molecule has 7 heteroatoms. The molecule has 2 amide bonds. The van der Waals surface area contributed by atoms with Crippen LogP contribution < -0.4 is 10.6 Å². The van der Waals surface area contributed by atoms with Crippen LogP contribution in [0.2, 0.25) is 5.02 Å². The lowest BCUT2D eigenvalue weighted by Crippen LogP contribution is -2.28. The van der Waals surface area contributed by atoms with Crippen LogP contribution in [0.4, 0.5) is 11.4 Å². The Bertz CT molecular complexity index is 795.